The van der Waals surface area contributed by atoms with Crippen molar-refractivity contribution in [2.24, 2.45) is 0 Å². The normalized spacial score (nSPS) is 10.2. The number of rotatable bonds is 6. The third-order valence-corrected chi connectivity index (χ3v) is 2.62. The maximum absolute atomic E-state index is 11.9. The van der Waals surface area contributed by atoms with Crippen molar-refractivity contribution in [2.45, 2.75) is 12.8 Å². The minimum absolute atomic E-state index is 0.185. The Morgan fingerprint density at radius 1 is 1.53 bits per heavy atom. The van der Waals surface area contributed by atoms with Gasteiger partial charge in [-0.15, -0.1) is 0 Å². The fourth-order valence-corrected chi connectivity index (χ4v) is 1.67. The van der Waals surface area contributed by atoms with Crippen molar-refractivity contribution in [3.63, 3.8) is 0 Å². The highest BCUT2D eigenvalue weighted by Crippen LogP contribution is 2.12. The van der Waals surface area contributed by atoms with E-state index in [2.05, 4.69) is 15.5 Å². The summed E-state index contributed by atoms with van der Waals surface area (Å²) >= 11 is 0. The molecule has 0 saturated heterocycles. The van der Waals surface area contributed by atoms with Crippen LogP contribution in [0.3, 0.4) is 0 Å². The summed E-state index contributed by atoms with van der Waals surface area (Å²) in [6.45, 7) is 0.571. The van der Waals surface area contributed by atoms with E-state index in [0.29, 0.717) is 18.0 Å². The topological polar surface area (TPSA) is 77.2 Å². The smallest absolute Gasteiger partial charge is 0.256 e. The summed E-state index contributed by atoms with van der Waals surface area (Å²) in [5.41, 5.74) is 1.46. The van der Waals surface area contributed by atoms with Crippen LogP contribution in [0, 0.1) is 0 Å². The van der Waals surface area contributed by atoms with Crippen LogP contribution in [0.15, 0.2) is 35.3 Å². The zero-order valence-electron chi connectivity index (χ0n) is 10.6. The Morgan fingerprint density at radius 3 is 3.16 bits per heavy atom. The van der Waals surface area contributed by atoms with E-state index in [-0.39, 0.29) is 5.91 Å². The van der Waals surface area contributed by atoms with E-state index in [1.54, 1.807) is 30.8 Å². The molecule has 100 valence electrons. The number of pyridine rings is 1. The maximum Gasteiger partial charge on any atom is 0.256 e. The quantitative estimate of drug-likeness (QED) is 0.796. The van der Waals surface area contributed by atoms with Crippen LogP contribution in [0.4, 0.5) is 0 Å². The second-order valence-corrected chi connectivity index (χ2v) is 3.95. The van der Waals surface area contributed by atoms with Gasteiger partial charge in [0.1, 0.15) is 11.8 Å². The van der Waals surface area contributed by atoms with Gasteiger partial charge in [-0.3, -0.25) is 4.79 Å². The number of amides is 1. The van der Waals surface area contributed by atoms with Crippen LogP contribution in [0.1, 0.15) is 22.3 Å². The maximum atomic E-state index is 11.9. The van der Waals surface area contributed by atoms with Crippen LogP contribution >= 0.6 is 0 Å². The zero-order valence-corrected chi connectivity index (χ0v) is 10.6. The second kappa shape index (κ2) is 6.53. The number of carbonyl (C=O) groups excluding carboxylic acids is 1. The number of hydrogen-bond donors (Lipinski definition) is 1. The lowest BCUT2D eigenvalue weighted by Crippen LogP contribution is -2.25. The molecule has 0 aliphatic carbocycles. The van der Waals surface area contributed by atoms with E-state index < -0.39 is 0 Å². The molecular formula is C13H15N3O3. The third-order valence-electron chi connectivity index (χ3n) is 2.62. The third kappa shape index (κ3) is 3.54. The average Bonchev–Trinajstić information content (AvgIpc) is 2.96. The standard InChI is InChI=1S/C13H15N3O3/c1-18-13-11(5-3-7-15-13)12(17)14-6-2-4-10-8-16-19-9-10/h3,5,7-9H,2,4,6H2,1H3,(H,14,17). The Hall–Kier alpha value is -2.37. The van der Waals surface area contributed by atoms with E-state index in [9.17, 15) is 4.79 Å². The van der Waals surface area contributed by atoms with E-state index in [1.165, 1.54) is 7.11 Å². The molecule has 0 aliphatic heterocycles. The van der Waals surface area contributed by atoms with Crippen molar-refractivity contribution in [1.29, 1.82) is 0 Å². The monoisotopic (exact) mass is 261 g/mol. The van der Waals surface area contributed by atoms with Crippen molar-refractivity contribution >= 4 is 5.91 Å². The number of aryl methyl sites for hydroxylation is 1. The van der Waals surface area contributed by atoms with Gasteiger partial charge >= 0.3 is 0 Å². The fourth-order valence-electron chi connectivity index (χ4n) is 1.67. The summed E-state index contributed by atoms with van der Waals surface area (Å²) in [4.78, 5) is 15.9. The SMILES string of the molecule is COc1ncccc1C(=O)NCCCc1cnoc1. The molecule has 0 spiro atoms. The lowest BCUT2D eigenvalue weighted by molar-refractivity contribution is 0.0949. The second-order valence-electron chi connectivity index (χ2n) is 3.95. The summed E-state index contributed by atoms with van der Waals surface area (Å²) in [6.07, 6.45) is 6.49. The predicted molar refractivity (Wildman–Crippen MR) is 67.9 cm³/mol. The van der Waals surface area contributed by atoms with Crippen LogP contribution in [0.25, 0.3) is 0 Å². The molecule has 0 aliphatic rings. The molecule has 0 unspecified atom stereocenters. The number of carbonyl (C=O) groups is 1. The van der Waals surface area contributed by atoms with Crippen molar-refractivity contribution in [3.8, 4) is 5.88 Å². The zero-order chi connectivity index (χ0) is 13.5. The largest absolute Gasteiger partial charge is 0.480 e. The van der Waals surface area contributed by atoms with Crippen molar-refractivity contribution in [1.82, 2.24) is 15.5 Å². The van der Waals surface area contributed by atoms with E-state index >= 15 is 0 Å². The fraction of sp³-hybridized carbons (Fsp3) is 0.308. The summed E-state index contributed by atoms with van der Waals surface area (Å²) < 4.78 is 9.77. The van der Waals surface area contributed by atoms with Gasteiger partial charge in [-0.25, -0.2) is 4.98 Å². The summed E-state index contributed by atoms with van der Waals surface area (Å²) in [7, 11) is 1.49. The molecule has 0 bridgehead atoms. The Morgan fingerprint density at radius 2 is 2.42 bits per heavy atom. The average molecular weight is 261 g/mol. The Labute approximate surface area is 110 Å². The van der Waals surface area contributed by atoms with Crippen LogP contribution in [0.5, 0.6) is 5.88 Å². The van der Waals surface area contributed by atoms with E-state index in [1.807, 2.05) is 0 Å². The molecule has 2 heterocycles. The van der Waals surface area contributed by atoms with Gasteiger partial charge in [0.05, 0.1) is 13.3 Å². The molecule has 6 heteroatoms. The number of nitrogens with one attached hydrogen (secondary N) is 1. The molecule has 19 heavy (non-hydrogen) atoms. The molecule has 1 N–H and O–H groups in total. The molecule has 0 saturated carbocycles. The highest BCUT2D eigenvalue weighted by molar-refractivity contribution is 5.96. The molecular weight excluding hydrogens is 246 g/mol. The molecule has 0 fully saturated rings. The van der Waals surface area contributed by atoms with Crippen LogP contribution in [-0.2, 0) is 6.42 Å². The number of methoxy groups -OCH3 is 1. The van der Waals surface area contributed by atoms with Crippen molar-refractivity contribution in [2.75, 3.05) is 13.7 Å². The highest BCUT2D eigenvalue weighted by atomic mass is 16.5. The van der Waals surface area contributed by atoms with Gasteiger partial charge in [-0.05, 0) is 25.0 Å². The first-order valence-corrected chi connectivity index (χ1v) is 5.96. The van der Waals surface area contributed by atoms with Gasteiger partial charge in [-0.2, -0.15) is 0 Å². The summed E-state index contributed by atoms with van der Waals surface area (Å²) in [5, 5.41) is 6.45. The van der Waals surface area contributed by atoms with Gasteiger partial charge < -0.3 is 14.6 Å². The van der Waals surface area contributed by atoms with E-state index in [0.717, 1.165) is 18.4 Å². The van der Waals surface area contributed by atoms with Crippen LogP contribution in [-0.4, -0.2) is 29.7 Å². The van der Waals surface area contributed by atoms with Crippen molar-refractivity contribution in [3.05, 3.63) is 41.9 Å². The first kappa shape index (κ1) is 13.1. The minimum Gasteiger partial charge on any atom is -0.480 e. The molecule has 0 aromatic carbocycles. The first-order valence-electron chi connectivity index (χ1n) is 5.96. The van der Waals surface area contributed by atoms with Gasteiger partial charge in [0, 0.05) is 18.3 Å². The molecule has 0 atom stereocenters. The molecule has 2 aromatic rings. The molecule has 2 rings (SSSR count). The molecule has 2 aromatic heterocycles. The van der Waals surface area contributed by atoms with Crippen LogP contribution < -0.4 is 10.1 Å². The number of aromatic nitrogens is 2. The summed E-state index contributed by atoms with van der Waals surface area (Å²) in [5.74, 6) is 0.148. The lowest BCUT2D eigenvalue weighted by Gasteiger charge is -2.07. The Balaban J connectivity index is 1.81. The molecule has 0 radical (unpaired) electrons. The Bertz CT molecular complexity index is 526. The summed E-state index contributed by atoms with van der Waals surface area (Å²) in [6, 6.07) is 3.38. The van der Waals surface area contributed by atoms with E-state index in [4.69, 9.17) is 9.26 Å². The highest BCUT2D eigenvalue weighted by Gasteiger charge is 2.11. The lowest BCUT2D eigenvalue weighted by atomic mass is 10.2. The Kier molecular flexibility index (Phi) is 4.49. The number of hydrogen-bond acceptors (Lipinski definition) is 5. The van der Waals surface area contributed by atoms with Gasteiger partial charge in [0.25, 0.3) is 5.91 Å². The number of nitrogens with zero attached hydrogens (tertiary/aromatic N) is 2. The predicted octanol–water partition coefficient (Wildman–Crippen LogP) is 1.44. The molecule has 6 nitrogen and oxygen atoms in total. The molecule has 1 amide bonds. The van der Waals surface area contributed by atoms with Gasteiger partial charge in [-0.1, -0.05) is 5.16 Å². The minimum atomic E-state index is -0.185. The van der Waals surface area contributed by atoms with Gasteiger partial charge in [0.2, 0.25) is 5.88 Å². The van der Waals surface area contributed by atoms with Gasteiger partial charge in [0.15, 0.2) is 0 Å². The first-order chi connectivity index (χ1) is 9.31. The number of ether oxygens (including phenoxy) is 1. The van der Waals surface area contributed by atoms with Crippen molar-refractivity contribution < 1.29 is 14.1 Å². The van der Waals surface area contributed by atoms with Crippen LogP contribution in [0.2, 0.25) is 0 Å².